The number of phenolic OH excluding ortho intramolecular Hbond substituents is 1. The smallest absolute Gasteiger partial charge is 0.203 e. The lowest BCUT2D eigenvalue weighted by atomic mass is 10.1. The van der Waals surface area contributed by atoms with Gasteiger partial charge in [-0.25, -0.2) is 0 Å². The van der Waals surface area contributed by atoms with Crippen molar-refractivity contribution in [3.05, 3.63) is 17.7 Å². The van der Waals surface area contributed by atoms with Gasteiger partial charge in [-0.05, 0) is 13.0 Å². The van der Waals surface area contributed by atoms with Crippen molar-refractivity contribution in [2.45, 2.75) is 13.3 Å². The molecule has 1 aliphatic heterocycles. The zero-order chi connectivity index (χ0) is 9.26. The van der Waals surface area contributed by atoms with Gasteiger partial charge in [0.25, 0.3) is 0 Å². The van der Waals surface area contributed by atoms with Crippen LogP contribution in [0.5, 0.6) is 17.2 Å². The molecular formula is C10H12O3. The monoisotopic (exact) mass is 180 g/mol. The fourth-order valence-corrected chi connectivity index (χ4v) is 1.50. The van der Waals surface area contributed by atoms with Crippen molar-refractivity contribution in [1.82, 2.24) is 0 Å². The lowest BCUT2D eigenvalue weighted by Crippen LogP contribution is -1.95. The number of fused-ring (bicyclic) bond motifs is 1. The molecule has 1 aromatic rings. The lowest BCUT2D eigenvalue weighted by Gasteiger charge is -2.09. The van der Waals surface area contributed by atoms with E-state index >= 15 is 0 Å². The van der Waals surface area contributed by atoms with Crippen molar-refractivity contribution >= 4 is 0 Å². The van der Waals surface area contributed by atoms with Gasteiger partial charge < -0.3 is 14.6 Å². The van der Waals surface area contributed by atoms with Crippen molar-refractivity contribution < 1.29 is 14.6 Å². The van der Waals surface area contributed by atoms with Crippen LogP contribution in [0.3, 0.4) is 0 Å². The summed E-state index contributed by atoms with van der Waals surface area (Å²) in [5.74, 6) is 1.35. The molecule has 70 valence electrons. The second-order valence-electron chi connectivity index (χ2n) is 2.93. The Kier molecular flexibility index (Phi) is 2.00. The summed E-state index contributed by atoms with van der Waals surface area (Å²) in [5.41, 5.74) is 1.11. The van der Waals surface area contributed by atoms with Crippen LogP contribution in [-0.4, -0.2) is 18.3 Å². The van der Waals surface area contributed by atoms with Gasteiger partial charge in [0.2, 0.25) is 5.75 Å². The molecule has 0 unspecified atom stereocenters. The molecule has 0 amide bonds. The predicted octanol–water partition coefficient (Wildman–Crippen LogP) is 1.73. The van der Waals surface area contributed by atoms with Gasteiger partial charge in [0, 0.05) is 12.0 Å². The molecule has 0 aromatic heterocycles. The minimum Gasteiger partial charge on any atom is -0.504 e. The van der Waals surface area contributed by atoms with Crippen LogP contribution in [0.4, 0.5) is 0 Å². The number of hydrogen-bond acceptors (Lipinski definition) is 3. The Labute approximate surface area is 76.9 Å². The summed E-state index contributed by atoms with van der Waals surface area (Å²) < 4.78 is 10.7. The van der Waals surface area contributed by atoms with Crippen molar-refractivity contribution in [3.63, 3.8) is 0 Å². The van der Waals surface area contributed by atoms with Crippen molar-refractivity contribution in [3.8, 4) is 17.2 Å². The molecule has 2 rings (SSSR count). The van der Waals surface area contributed by atoms with Crippen LogP contribution in [0.2, 0.25) is 0 Å². The fourth-order valence-electron chi connectivity index (χ4n) is 1.50. The molecule has 1 aromatic carbocycles. The van der Waals surface area contributed by atoms with Crippen LogP contribution < -0.4 is 9.47 Å². The highest BCUT2D eigenvalue weighted by Crippen LogP contribution is 2.42. The van der Waals surface area contributed by atoms with Gasteiger partial charge in [-0.15, -0.1) is 0 Å². The first kappa shape index (κ1) is 8.23. The molecule has 0 aliphatic carbocycles. The molecule has 3 heteroatoms. The van der Waals surface area contributed by atoms with E-state index in [1.807, 2.05) is 13.0 Å². The Morgan fingerprint density at radius 2 is 2.38 bits per heavy atom. The van der Waals surface area contributed by atoms with Gasteiger partial charge in [-0.2, -0.15) is 0 Å². The number of ether oxygens (including phenoxy) is 2. The number of aromatic hydroxyl groups is 1. The minimum absolute atomic E-state index is 0.155. The zero-order valence-electron chi connectivity index (χ0n) is 7.54. The zero-order valence-corrected chi connectivity index (χ0v) is 7.54. The molecule has 1 heterocycles. The first-order valence-electron chi connectivity index (χ1n) is 4.43. The first-order chi connectivity index (χ1) is 6.33. The Hall–Kier alpha value is -1.38. The molecule has 0 saturated heterocycles. The standard InChI is InChI=1S/C10H12O3/c1-2-12-10-8(11)4-3-7-5-6-13-9(7)10/h3-4,11H,2,5-6H2,1H3. The number of rotatable bonds is 2. The Morgan fingerprint density at radius 3 is 3.15 bits per heavy atom. The van der Waals surface area contributed by atoms with Crippen LogP contribution >= 0.6 is 0 Å². The van der Waals surface area contributed by atoms with Gasteiger partial charge in [0.05, 0.1) is 13.2 Å². The largest absolute Gasteiger partial charge is 0.504 e. The van der Waals surface area contributed by atoms with Gasteiger partial charge in [-0.3, -0.25) is 0 Å². The SMILES string of the molecule is CCOc1c(O)ccc2c1OCC2. The molecule has 0 saturated carbocycles. The van der Waals surface area contributed by atoms with E-state index in [1.54, 1.807) is 6.07 Å². The van der Waals surface area contributed by atoms with Gasteiger partial charge in [-0.1, -0.05) is 6.07 Å². The van der Waals surface area contributed by atoms with Crippen molar-refractivity contribution in [2.75, 3.05) is 13.2 Å². The predicted molar refractivity (Wildman–Crippen MR) is 48.5 cm³/mol. The van der Waals surface area contributed by atoms with Gasteiger partial charge >= 0.3 is 0 Å². The maximum absolute atomic E-state index is 9.50. The number of benzene rings is 1. The highest BCUT2D eigenvalue weighted by atomic mass is 16.5. The second kappa shape index (κ2) is 3.17. The van der Waals surface area contributed by atoms with Crippen LogP contribution in [-0.2, 0) is 6.42 Å². The lowest BCUT2D eigenvalue weighted by molar-refractivity contribution is 0.284. The molecule has 0 spiro atoms. The van der Waals surface area contributed by atoms with Crippen molar-refractivity contribution in [2.24, 2.45) is 0 Å². The molecule has 0 bridgehead atoms. The van der Waals surface area contributed by atoms with Crippen LogP contribution in [0.1, 0.15) is 12.5 Å². The highest BCUT2D eigenvalue weighted by Gasteiger charge is 2.20. The summed E-state index contributed by atoms with van der Waals surface area (Å²) >= 11 is 0. The quantitative estimate of drug-likeness (QED) is 0.753. The van der Waals surface area contributed by atoms with E-state index in [4.69, 9.17) is 9.47 Å². The summed E-state index contributed by atoms with van der Waals surface area (Å²) in [6.45, 7) is 3.10. The number of hydrogen-bond donors (Lipinski definition) is 1. The summed E-state index contributed by atoms with van der Waals surface area (Å²) in [5, 5.41) is 9.50. The summed E-state index contributed by atoms with van der Waals surface area (Å²) in [6, 6.07) is 3.53. The Bertz CT molecular complexity index is 320. The molecule has 1 aliphatic rings. The van der Waals surface area contributed by atoms with Crippen LogP contribution in [0.25, 0.3) is 0 Å². The minimum atomic E-state index is 0.155. The molecular weight excluding hydrogens is 168 g/mol. The van der Waals surface area contributed by atoms with Crippen LogP contribution in [0, 0.1) is 0 Å². The summed E-state index contributed by atoms with van der Waals surface area (Å²) in [7, 11) is 0. The summed E-state index contributed by atoms with van der Waals surface area (Å²) in [6.07, 6.45) is 0.898. The molecule has 0 fully saturated rings. The third kappa shape index (κ3) is 1.30. The average Bonchev–Trinajstić information content (AvgIpc) is 2.58. The third-order valence-corrected chi connectivity index (χ3v) is 2.08. The van der Waals surface area contributed by atoms with Crippen molar-refractivity contribution in [1.29, 1.82) is 0 Å². The molecule has 1 N–H and O–H groups in total. The van der Waals surface area contributed by atoms with E-state index in [0.29, 0.717) is 24.7 Å². The average molecular weight is 180 g/mol. The second-order valence-corrected chi connectivity index (χ2v) is 2.93. The Balaban J connectivity index is 2.45. The molecule has 0 atom stereocenters. The first-order valence-corrected chi connectivity index (χ1v) is 4.43. The molecule has 0 radical (unpaired) electrons. The maximum Gasteiger partial charge on any atom is 0.203 e. The summed E-state index contributed by atoms with van der Waals surface area (Å²) in [4.78, 5) is 0. The van der Waals surface area contributed by atoms with E-state index in [-0.39, 0.29) is 5.75 Å². The van der Waals surface area contributed by atoms with E-state index in [0.717, 1.165) is 12.0 Å². The highest BCUT2D eigenvalue weighted by molar-refractivity contribution is 5.56. The fraction of sp³-hybridized carbons (Fsp3) is 0.400. The van der Waals surface area contributed by atoms with E-state index < -0.39 is 0 Å². The van der Waals surface area contributed by atoms with Crippen LogP contribution in [0.15, 0.2) is 12.1 Å². The molecule has 13 heavy (non-hydrogen) atoms. The van der Waals surface area contributed by atoms with Gasteiger partial charge in [0.15, 0.2) is 11.5 Å². The number of phenols is 1. The third-order valence-electron chi connectivity index (χ3n) is 2.08. The van der Waals surface area contributed by atoms with Gasteiger partial charge in [0.1, 0.15) is 0 Å². The molecule has 3 nitrogen and oxygen atoms in total. The topological polar surface area (TPSA) is 38.7 Å². The maximum atomic E-state index is 9.50. The van der Waals surface area contributed by atoms with E-state index in [1.165, 1.54) is 0 Å². The Morgan fingerprint density at radius 1 is 1.54 bits per heavy atom. The normalized spacial score (nSPS) is 13.6. The van der Waals surface area contributed by atoms with E-state index in [9.17, 15) is 5.11 Å². The van der Waals surface area contributed by atoms with E-state index in [2.05, 4.69) is 0 Å².